The molecule has 4 heterocycles. The topological polar surface area (TPSA) is 9.72 Å². The fraction of sp³-hybridized carbons (Fsp3) is 0.419. The van der Waals surface area contributed by atoms with Crippen LogP contribution in [0.25, 0.3) is 0 Å². The van der Waals surface area contributed by atoms with Gasteiger partial charge in [0.15, 0.2) is 0 Å². The zero-order valence-electron chi connectivity index (χ0n) is 43.6. The molecule has 0 radical (unpaired) electrons. The molecule has 67 heavy (non-hydrogen) atoms. The van der Waals surface area contributed by atoms with Gasteiger partial charge in [-0.15, -0.1) is 0 Å². The first-order valence-electron chi connectivity index (χ1n) is 25.5. The number of hydrogen-bond donors (Lipinski definition) is 0. The standard InChI is InChI=1S/C62H74BN3Si/c1-57(2,3)39-25-30-49-48(36-39)61(12)31-17-18-32-62(61,13)66(49)44-37-52-56-53(38-44)65(43-34-40(58(4,5)6)33-41(35-43)59(7,8)9)51-24-20-22-47-55(51)63(56)54-46(60(47,10)11)21-19-23-50(54)64(52)42-26-28-45(29-27-42)67(14,15)16/h19-30,33-38H,17-18,31-32H2,1-16H3. The first kappa shape index (κ1) is 44.5. The molecule has 6 aromatic carbocycles. The zero-order valence-corrected chi connectivity index (χ0v) is 44.6. The van der Waals surface area contributed by atoms with E-state index in [4.69, 9.17) is 0 Å². The van der Waals surface area contributed by atoms with E-state index in [2.05, 4.69) is 234 Å². The Bertz CT molecular complexity index is 3010. The van der Waals surface area contributed by atoms with E-state index >= 15 is 0 Å². The molecule has 5 heteroatoms. The highest BCUT2D eigenvalue weighted by Gasteiger charge is 2.59. The van der Waals surface area contributed by atoms with Gasteiger partial charge in [0.2, 0.25) is 0 Å². The van der Waals surface area contributed by atoms with Gasteiger partial charge in [-0.3, -0.25) is 0 Å². The third kappa shape index (κ3) is 6.27. The second-order valence-corrected chi connectivity index (χ2v) is 31.4. The molecular formula is C62H74BN3Si. The molecule has 0 N–H and O–H groups in total. The number of rotatable bonds is 4. The van der Waals surface area contributed by atoms with Gasteiger partial charge in [0.1, 0.15) is 0 Å². The lowest BCUT2D eigenvalue weighted by molar-refractivity contribution is 0.195. The van der Waals surface area contributed by atoms with E-state index in [9.17, 15) is 0 Å². The van der Waals surface area contributed by atoms with Crippen molar-refractivity contribution in [2.45, 2.75) is 168 Å². The maximum absolute atomic E-state index is 2.84. The van der Waals surface area contributed by atoms with Crippen LogP contribution < -0.4 is 36.3 Å². The Kier molecular flexibility index (Phi) is 9.34. The van der Waals surface area contributed by atoms with Crippen LogP contribution >= 0.6 is 0 Å². The quantitative estimate of drug-likeness (QED) is 0.163. The summed E-state index contributed by atoms with van der Waals surface area (Å²) in [6.07, 6.45) is 4.85. The minimum Gasteiger partial charge on any atom is -0.334 e. The van der Waals surface area contributed by atoms with E-state index in [1.54, 1.807) is 0 Å². The maximum atomic E-state index is 2.84. The molecule has 2 unspecified atom stereocenters. The van der Waals surface area contributed by atoms with Gasteiger partial charge in [0, 0.05) is 56.3 Å². The van der Waals surface area contributed by atoms with Crippen LogP contribution in [0.3, 0.4) is 0 Å². The second kappa shape index (κ2) is 14.1. The molecule has 0 aromatic heterocycles. The summed E-state index contributed by atoms with van der Waals surface area (Å²) >= 11 is 0. The van der Waals surface area contributed by atoms with E-state index in [-0.39, 0.29) is 39.3 Å². The van der Waals surface area contributed by atoms with Crippen LogP contribution in [0.2, 0.25) is 19.6 Å². The molecule has 1 aliphatic carbocycles. The van der Waals surface area contributed by atoms with Crippen molar-refractivity contribution >= 4 is 81.9 Å². The Morgan fingerprint density at radius 3 is 1.51 bits per heavy atom. The smallest absolute Gasteiger partial charge is 0.252 e. The lowest BCUT2D eigenvalue weighted by atomic mass is 9.28. The number of fused-ring (bicyclic) bond motifs is 3. The monoisotopic (exact) mass is 900 g/mol. The van der Waals surface area contributed by atoms with Crippen molar-refractivity contribution in [2.75, 3.05) is 14.7 Å². The van der Waals surface area contributed by atoms with Crippen molar-refractivity contribution in [3.63, 3.8) is 0 Å². The highest BCUT2D eigenvalue weighted by atomic mass is 28.3. The lowest BCUT2D eigenvalue weighted by Gasteiger charge is -2.52. The number of hydrogen-bond acceptors (Lipinski definition) is 3. The molecule has 4 aliphatic heterocycles. The molecule has 0 saturated heterocycles. The van der Waals surface area contributed by atoms with Gasteiger partial charge in [0.25, 0.3) is 6.71 Å². The van der Waals surface area contributed by atoms with Crippen molar-refractivity contribution in [3.8, 4) is 0 Å². The van der Waals surface area contributed by atoms with Gasteiger partial charge in [-0.1, -0.05) is 175 Å². The van der Waals surface area contributed by atoms with Crippen LogP contribution in [0.15, 0.2) is 109 Å². The number of nitrogens with zero attached hydrogens (tertiary/aromatic N) is 3. The van der Waals surface area contributed by atoms with E-state index in [1.165, 1.54) is 120 Å². The van der Waals surface area contributed by atoms with Crippen LogP contribution in [-0.4, -0.2) is 20.3 Å². The van der Waals surface area contributed by atoms with Crippen LogP contribution in [0, 0.1) is 0 Å². The van der Waals surface area contributed by atoms with Gasteiger partial charge < -0.3 is 14.7 Å². The normalized spacial score (nSPS) is 21.3. The van der Waals surface area contributed by atoms with Crippen LogP contribution in [0.1, 0.15) is 149 Å². The largest absolute Gasteiger partial charge is 0.334 e. The molecule has 0 amide bonds. The van der Waals surface area contributed by atoms with Crippen molar-refractivity contribution in [1.82, 2.24) is 0 Å². The SMILES string of the molecule is CC(C)(C)c1cc(N2c3cc(N4c5ccc(C(C)(C)C)cc5C5(C)CCCCC45C)cc4c3B3c5c(cccc5C(C)(C)c5cccc2c53)N4c2ccc([Si](C)(C)C)cc2)cc(C(C)(C)C)c1. The van der Waals surface area contributed by atoms with E-state index in [0.29, 0.717) is 0 Å². The fourth-order valence-corrected chi connectivity index (χ4v) is 14.5. The summed E-state index contributed by atoms with van der Waals surface area (Å²) in [5.74, 6) is 0. The fourth-order valence-electron chi connectivity index (χ4n) is 13.3. The van der Waals surface area contributed by atoms with E-state index in [1.807, 2.05) is 0 Å². The lowest BCUT2D eigenvalue weighted by Crippen LogP contribution is -2.67. The zero-order chi connectivity index (χ0) is 47.8. The molecule has 0 spiro atoms. The molecular weight excluding hydrogens is 826 g/mol. The van der Waals surface area contributed by atoms with E-state index < -0.39 is 8.07 Å². The predicted molar refractivity (Wildman–Crippen MR) is 294 cm³/mol. The Morgan fingerprint density at radius 1 is 0.463 bits per heavy atom. The van der Waals surface area contributed by atoms with Gasteiger partial charge >= 0.3 is 0 Å². The Labute approximate surface area is 405 Å². The molecule has 6 aromatic rings. The average Bonchev–Trinajstić information content (AvgIpc) is 3.46. The van der Waals surface area contributed by atoms with Crippen LogP contribution in [-0.2, 0) is 27.1 Å². The number of anilines is 8. The number of benzene rings is 6. The highest BCUT2D eigenvalue weighted by molar-refractivity contribution is 7.01. The molecule has 5 aliphatic rings. The molecule has 344 valence electrons. The minimum absolute atomic E-state index is 0.00162. The van der Waals surface area contributed by atoms with Crippen molar-refractivity contribution < 1.29 is 0 Å². The summed E-state index contributed by atoms with van der Waals surface area (Å²) in [7, 11) is -1.55. The van der Waals surface area contributed by atoms with Gasteiger partial charge in [-0.25, -0.2) is 0 Å². The molecule has 1 fully saturated rings. The minimum atomic E-state index is -1.55. The average molecular weight is 900 g/mol. The van der Waals surface area contributed by atoms with Crippen LogP contribution in [0.4, 0.5) is 45.5 Å². The maximum Gasteiger partial charge on any atom is 0.252 e. The summed E-state index contributed by atoms with van der Waals surface area (Å²) in [6, 6.07) is 44.5. The summed E-state index contributed by atoms with van der Waals surface area (Å²) in [5.41, 5.74) is 23.0. The van der Waals surface area contributed by atoms with Gasteiger partial charge in [0.05, 0.1) is 13.6 Å². The predicted octanol–water partition coefficient (Wildman–Crippen LogP) is 14.6. The third-order valence-corrected chi connectivity index (χ3v) is 19.7. The Balaban J connectivity index is 1.28. The molecule has 2 atom stereocenters. The molecule has 0 bridgehead atoms. The summed E-state index contributed by atoms with van der Waals surface area (Å²) in [5, 5.41) is 1.49. The Hall–Kier alpha value is -5.00. The van der Waals surface area contributed by atoms with Crippen LogP contribution in [0.5, 0.6) is 0 Å². The first-order valence-corrected chi connectivity index (χ1v) is 29.0. The Morgan fingerprint density at radius 2 is 0.985 bits per heavy atom. The first-order chi connectivity index (χ1) is 31.2. The van der Waals surface area contributed by atoms with Crippen molar-refractivity contribution in [3.05, 3.63) is 143 Å². The van der Waals surface area contributed by atoms with Crippen molar-refractivity contribution in [1.29, 1.82) is 0 Å². The van der Waals surface area contributed by atoms with Gasteiger partial charge in [-0.2, -0.15) is 0 Å². The molecule has 3 nitrogen and oxygen atoms in total. The van der Waals surface area contributed by atoms with Crippen molar-refractivity contribution in [2.24, 2.45) is 0 Å². The highest BCUT2D eigenvalue weighted by Crippen LogP contribution is 2.62. The summed E-state index contributed by atoms with van der Waals surface area (Å²) < 4.78 is 0. The molecule has 1 saturated carbocycles. The third-order valence-electron chi connectivity index (χ3n) is 17.6. The second-order valence-electron chi connectivity index (χ2n) is 26.3. The van der Waals surface area contributed by atoms with Gasteiger partial charge in [-0.05, 0) is 140 Å². The summed E-state index contributed by atoms with van der Waals surface area (Å²) in [4.78, 5) is 8.22. The summed E-state index contributed by atoms with van der Waals surface area (Å²) in [6.45, 7) is 39.0. The molecule has 11 rings (SSSR count). The van der Waals surface area contributed by atoms with E-state index in [0.717, 1.165) is 6.42 Å².